The van der Waals surface area contributed by atoms with Crippen molar-refractivity contribution in [2.75, 3.05) is 18.9 Å². The number of amides is 1. The molecule has 2 rings (SSSR count). The van der Waals surface area contributed by atoms with Crippen molar-refractivity contribution in [3.63, 3.8) is 0 Å². The Bertz CT molecular complexity index is 413. The van der Waals surface area contributed by atoms with Crippen LogP contribution in [0.15, 0.2) is 12.1 Å². The van der Waals surface area contributed by atoms with Gasteiger partial charge in [0.2, 0.25) is 0 Å². The molecule has 3 N–H and O–H groups in total. The first kappa shape index (κ1) is 13.1. The monoisotopic (exact) mass is 269 g/mol. The third kappa shape index (κ3) is 3.58. The zero-order valence-corrected chi connectivity index (χ0v) is 10.7. The summed E-state index contributed by atoms with van der Waals surface area (Å²) in [6.45, 7) is 1.28. The summed E-state index contributed by atoms with van der Waals surface area (Å²) < 4.78 is 5.53. The van der Waals surface area contributed by atoms with Gasteiger partial charge in [-0.25, -0.2) is 4.98 Å². The van der Waals surface area contributed by atoms with E-state index in [-0.39, 0.29) is 23.0 Å². The minimum absolute atomic E-state index is 0.109. The van der Waals surface area contributed by atoms with Crippen LogP contribution in [0.4, 0.5) is 5.82 Å². The van der Waals surface area contributed by atoms with E-state index in [4.69, 9.17) is 22.1 Å². The fourth-order valence-electron chi connectivity index (χ4n) is 1.93. The molecule has 0 radical (unpaired) electrons. The fraction of sp³-hybridized carbons (Fsp3) is 0.500. The van der Waals surface area contributed by atoms with Gasteiger partial charge in [-0.05, 0) is 31.4 Å². The van der Waals surface area contributed by atoms with Crippen LogP contribution < -0.4 is 11.1 Å². The minimum atomic E-state index is -0.208. The Morgan fingerprint density at radius 1 is 1.56 bits per heavy atom. The zero-order chi connectivity index (χ0) is 13.0. The summed E-state index contributed by atoms with van der Waals surface area (Å²) in [6.07, 6.45) is 3.34. The molecule has 1 amide bonds. The number of nitrogens with zero attached hydrogens (tertiary/aromatic N) is 1. The fourth-order valence-corrected chi connectivity index (χ4v) is 2.14. The second-order valence-electron chi connectivity index (χ2n) is 4.30. The van der Waals surface area contributed by atoms with Crippen LogP contribution in [0.3, 0.4) is 0 Å². The van der Waals surface area contributed by atoms with E-state index in [2.05, 4.69) is 10.3 Å². The minimum Gasteiger partial charge on any atom is -0.384 e. The molecule has 1 atom stereocenters. The van der Waals surface area contributed by atoms with Crippen LogP contribution in [-0.4, -0.2) is 30.1 Å². The molecule has 1 aliphatic heterocycles. The second kappa shape index (κ2) is 6.02. The third-order valence-electron chi connectivity index (χ3n) is 2.84. The van der Waals surface area contributed by atoms with Crippen LogP contribution in [0.2, 0.25) is 5.15 Å². The highest BCUT2D eigenvalue weighted by Crippen LogP contribution is 2.14. The highest BCUT2D eigenvalue weighted by Gasteiger charge is 2.15. The molecule has 1 aromatic heterocycles. The third-order valence-corrected chi connectivity index (χ3v) is 3.03. The van der Waals surface area contributed by atoms with Gasteiger partial charge in [0, 0.05) is 18.7 Å². The number of halogens is 1. The largest absolute Gasteiger partial charge is 0.384 e. The van der Waals surface area contributed by atoms with Gasteiger partial charge in [0.25, 0.3) is 5.91 Å². The van der Waals surface area contributed by atoms with Crippen LogP contribution in [0.5, 0.6) is 0 Å². The van der Waals surface area contributed by atoms with E-state index in [1.54, 1.807) is 0 Å². The summed E-state index contributed by atoms with van der Waals surface area (Å²) in [7, 11) is 0. The lowest BCUT2D eigenvalue weighted by molar-refractivity contribution is 0.0169. The number of aromatic nitrogens is 1. The average molecular weight is 270 g/mol. The molecule has 18 heavy (non-hydrogen) atoms. The van der Waals surface area contributed by atoms with Crippen molar-refractivity contribution < 1.29 is 9.53 Å². The molecular weight excluding hydrogens is 254 g/mol. The summed E-state index contributed by atoms with van der Waals surface area (Å²) in [5.41, 5.74) is 5.96. The Balaban J connectivity index is 1.90. The summed E-state index contributed by atoms with van der Waals surface area (Å²) >= 11 is 5.75. The topological polar surface area (TPSA) is 77.2 Å². The Hall–Kier alpha value is -1.33. The molecule has 2 heterocycles. The molecule has 1 fully saturated rings. The molecule has 1 aliphatic rings. The molecule has 5 nitrogen and oxygen atoms in total. The van der Waals surface area contributed by atoms with Crippen LogP contribution >= 0.6 is 11.6 Å². The van der Waals surface area contributed by atoms with Crippen molar-refractivity contribution in [1.82, 2.24) is 10.3 Å². The Labute approximate surface area is 111 Å². The molecule has 1 unspecified atom stereocenters. The number of anilines is 1. The lowest BCUT2D eigenvalue weighted by Gasteiger charge is -2.22. The number of nitrogens with one attached hydrogen (secondary N) is 1. The molecule has 98 valence electrons. The SMILES string of the molecule is Nc1cc(C(=O)NCC2CCCCO2)cc(Cl)n1. The quantitative estimate of drug-likeness (QED) is 0.818. The molecule has 0 aromatic carbocycles. The van der Waals surface area contributed by atoms with Gasteiger partial charge in [-0.2, -0.15) is 0 Å². The Morgan fingerprint density at radius 3 is 3.06 bits per heavy atom. The Kier molecular flexibility index (Phi) is 4.38. The van der Waals surface area contributed by atoms with Crippen LogP contribution in [0, 0.1) is 0 Å². The number of nitrogens with two attached hydrogens (primary N) is 1. The summed E-state index contributed by atoms with van der Waals surface area (Å²) in [5.74, 6) is 0.0294. The second-order valence-corrected chi connectivity index (χ2v) is 4.69. The smallest absolute Gasteiger partial charge is 0.251 e. The highest BCUT2D eigenvalue weighted by molar-refractivity contribution is 6.29. The van der Waals surface area contributed by atoms with Gasteiger partial charge < -0.3 is 15.8 Å². The van der Waals surface area contributed by atoms with Gasteiger partial charge in [0.1, 0.15) is 11.0 Å². The number of nitrogen functional groups attached to an aromatic ring is 1. The molecule has 0 aliphatic carbocycles. The molecule has 1 aromatic rings. The number of carbonyl (C=O) groups excluding carboxylic acids is 1. The maximum atomic E-state index is 11.9. The number of hydrogen-bond acceptors (Lipinski definition) is 4. The van der Waals surface area contributed by atoms with Gasteiger partial charge in [0.05, 0.1) is 6.10 Å². The first-order valence-corrected chi connectivity index (χ1v) is 6.36. The van der Waals surface area contributed by atoms with E-state index < -0.39 is 0 Å². The highest BCUT2D eigenvalue weighted by atomic mass is 35.5. The summed E-state index contributed by atoms with van der Waals surface area (Å²) in [5, 5.41) is 3.03. The Morgan fingerprint density at radius 2 is 2.39 bits per heavy atom. The maximum absolute atomic E-state index is 11.9. The van der Waals surface area contributed by atoms with Crippen molar-refractivity contribution in [2.24, 2.45) is 0 Å². The van der Waals surface area contributed by atoms with Crippen molar-refractivity contribution >= 4 is 23.3 Å². The normalized spacial score (nSPS) is 19.5. The number of ether oxygens (including phenoxy) is 1. The molecule has 0 saturated carbocycles. The molecule has 0 bridgehead atoms. The first-order chi connectivity index (χ1) is 8.65. The summed E-state index contributed by atoms with van der Waals surface area (Å²) in [6, 6.07) is 3.00. The summed E-state index contributed by atoms with van der Waals surface area (Å²) in [4.78, 5) is 15.7. The molecular formula is C12H16ClN3O2. The van der Waals surface area contributed by atoms with Gasteiger partial charge in [-0.3, -0.25) is 4.79 Å². The van der Waals surface area contributed by atoms with Crippen molar-refractivity contribution in [1.29, 1.82) is 0 Å². The molecule has 1 saturated heterocycles. The van der Waals surface area contributed by atoms with Crippen LogP contribution in [0.25, 0.3) is 0 Å². The predicted molar refractivity (Wildman–Crippen MR) is 69.6 cm³/mol. The lowest BCUT2D eigenvalue weighted by Crippen LogP contribution is -2.35. The number of pyridine rings is 1. The number of rotatable bonds is 3. The lowest BCUT2D eigenvalue weighted by atomic mass is 10.1. The van der Waals surface area contributed by atoms with Crippen LogP contribution in [0.1, 0.15) is 29.6 Å². The molecule has 6 heteroatoms. The van der Waals surface area contributed by atoms with Gasteiger partial charge in [-0.15, -0.1) is 0 Å². The zero-order valence-electron chi connectivity index (χ0n) is 9.99. The van der Waals surface area contributed by atoms with Gasteiger partial charge in [0.15, 0.2) is 0 Å². The number of carbonyl (C=O) groups is 1. The van der Waals surface area contributed by atoms with E-state index in [9.17, 15) is 4.79 Å². The average Bonchev–Trinajstić information content (AvgIpc) is 2.36. The maximum Gasteiger partial charge on any atom is 0.251 e. The first-order valence-electron chi connectivity index (χ1n) is 5.98. The predicted octanol–water partition coefficient (Wildman–Crippen LogP) is 1.62. The van der Waals surface area contributed by atoms with Gasteiger partial charge >= 0.3 is 0 Å². The van der Waals surface area contributed by atoms with E-state index in [0.29, 0.717) is 12.1 Å². The molecule has 0 spiro atoms. The van der Waals surface area contributed by atoms with Crippen LogP contribution in [-0.2, 0) is 4.74 Å². The van der Waals surface area contributed by atoms with E-state index in [1.807, 2.05) is 0 Å². The van der Waals surface area contributed by atoms with E-state index >= 15 is 0 Å². The van der Waals surface area contributed by atoms with Crippen molar-refractivity contribution in [2.45, 2.75) is 25.4 Å². The standard InChI is InChI=1S/C12H16ClN3O2/c13-10-5-8(6-11(14)16-10)12(17)15-7-9-3-1-2-4-18-9/h5-6,9H,1-4,7H2,(H2,14,16)(H,15,17). The van der Waals surface area contributed by atoms with Gasteiger partial charge in [-0.1, -0.05) is 11.6 Å². The van der Waals surface area contributed by atoms with E-state index in [0.717, 1.165) is 25.9 Å². The van der Waals surface area contributed by atoms with E-state index in [1.165, 1.54) is 12.1 Å². The number of hydrogen-bond donors (Lipinski definition) is 2. The van der Waals surface area contributed by atoms with Crippen molar-refractivity contribution in [3.8, 4) is 0 Å². The van der Waals surface area contributed by atoms with Crippen molar-refractivity contribution in [3.05, 3.63) is 22.8 Å².